The summed E-state index contributed by atoms with van der Waals surface area (Å²) < 4.78 is 7.08. The number of thioether (sulfide) groups is 1. The van der Waals surface area contributed by atoms with E-state index in [0.29, 0.717) is 39.6 Å². The van der Waals surface area contributed by atoms with Crippen LogP contribution in [-0.4, -0.2) is 50.4 Å². The zero-order valence-corrected chi connectivity index (χ0v) is 21.9. The summed E-state index contributed by atoms with van der Waals surface area (Å²) in [5.74, 6) is 1.75. The fourth-order valence-electron chi connectivity index (χ4n) is 4.57. The van der Waals surface area contributed by atoms with Crippen molar-refractivity contribution in [1.29, 1.82) is 0 Å². The number of benzene rings is 2. The number of para-hydroxylation sites is 1. The summed E-state index contributed by atoms with van der Waals surface area (Å²) in [6.45, 7) is 4.38. The number of carbonyl (C=O) groups is 1. The Morgan fingerprint density at radius 3 is 2.72 bits per heavy atom. The highest BCUT2D eigenvalue weighted by atomic mass is 35.5. The number of aryl methyl sites for hydroxylation is 1. The summed E-state index contributed by atoms with van der Waals surface area (Å²) in [7, 11) is 1.55. The number of aromatic nitrogens is 4. The Labute approximate surface area is 218 Å². The molecule has 2 aromatic heterocycles. The third kappa shape index (κ3) is 5.12. The minimum Gasteiger partial charge on any atom is -0.495 e. The van der Waals surface area contributed by atoms with Gasteiger partial charge in [0.2, 0.25) is 5.91 Å². The molecule has 1 amide bonds. The van der Waals surface area contributed by atoms with Crippen LogP contribution in [0.25, 0.3) is 16.6 Å². The van der Waals surface area contributed by atoms with Crippen molar-refractivity contribution in [1.82, 2.24) is 30.4 Å². The van der Waals surface area contributed by atoms with E-state index in [1.54, 1.807) is 29.8 Å². The normalized spacial score (nSPS) is 19.7. The molecule has 36 heavy (non-hydrogen) atoms. The summed E-state index contributed by atoms with van der Waals surface area (Å²) in [5.41, 5.74) is 8.70. The quantitative estimate of drug-likeness (QED) is 0.233. The third-order valence-corrected chi connectivity index (χ3v) is 7.65. The molecule has 1 fully saturated rings. The molecular formula is C25H28ClN7O2S. The lowest BCUT2D eigenvalue weighted by Crippen LogP contribution is -2.30. The van der Waals surface area contributed by atoms with E-state index in [9.17, 15) is 4.79 Å². The number of ether oxygens (including phenoxy) is 1. The lowest BCUT2D eigenvalue weighted by molar-refractivity contribution is -0.113. The fourth-order valence-corrected chi connectivity index (χ4v) is 5.49. The van der Waals surface area contributed by atoms with Crippen LogP contribution in [0.4, 0.5) is 5.69 Å². The molecule has 0 spiro atoms. The van der Waals surface area contributed by atoms with Gasteiger partial charge in [0.05, 0.1) is 24.1 Å². The van der Waals surface area contributed by atoms with Gasteiger partial charge >= 0.3 is 0 Å². The van der Waals surface area contributed by atoms with Gasteiger partial charge in [-0.05, 0) is 56.5 Å². The number of hydrogen-bond donors (Lipinski definition) is 3. The molecule has 3 heterocycles. The van der Waals surface area contributed by atoms with Gasteiger partial charge in [0.1, 0.15) is 5.75 Å². The topological polar surface area (TPSA) is 105 Å². The fraction of sp³-hybridized carbons (Fsp3) is 0.360. The van der Waals surface area contributed by atoms with Gasteiger partial charge in [-0.3, -0.25) is 15.6 Å². The minimum atomic E-state index is -0.201. The van der Waals surface area contributed by atoms with Gasteiger partial charge in [0.25, 0.3) is 0 Å². The summed E-state index contributed by atoms with van der Waals surface area (Å²) in [6.07, 6.45) is 1.73. The number of hydrogen-bond acceptors (Lipinski definition) is 8. The van der Waals surface area contributed by atoms with Crippen LogP contribution < -0.4 is 20.9 Å². The molecule has 2 unspecified atom stereocenters. The summed E-state index contributed by atoms with van der Waals surface area (Å²) in [5, 5.41) is 9.71. The molecule has 1 aliphatic heterocycles. The van der Waals surface area contributed by atoms with E-state index in [2.05, 4.69) is 30.0 Å². The molecule has 4 aromatic rings. The minimum absolute atomic E-state index is 0.139. The standard InChI is InChI=1S/C25H28ClN7O2S/c1-14-17(15(2)31-30-14)9-11-22-29-24-18-6-4-5-7-19(18)28-25(33(24)32-22)36-13-23(34)27-20-12-16(26)8-10-21(20)35-3/h4-8,10,12,14-15,17,30-31H,9,11,13H2,1-3H3,(H,27,34). The van der Waals surface area contributed by atoms with Gasteiger partial charge in [-0.2, -0.15) is 4.52 Å². The maximum Gasteiger partial charge on any atom is 0.234 e. The lowest BCUT2D eigenvalue weighted by atomic mass is 9.91. The Balaban J connectivity index is 1.37. The maximum atomic E-state index is 12.8. The SMILES string of the molecule is COc1ccc(Cl)cc1NC(=O)CSc1nc2ccccc2c2nc(CCC3C(C)NNC3C)nn12. The first-order chi connectivity index (χ1) is 17.4. The van der Waals surface area contributed by atoms with Crippen LogP contribution in [0.5, 0.6) is 5.75 Å². The third-order valence-electron chi connectivity index (χ3n) is 6.49. The van der Waals surface area contributed by atoms with Gasteiger partial charge in [-0.1, -0.05) is 35.5 Å². The molecule has 2 atom stereocenters. The van der Waals surface area contributed by atoms with E-state index < -0.39 is 0 Å². The largest absolute Gasteiger partial charge is 0.495 e. The van der Waals surface area contributed by atoms with Gasteiger partial charge < -0.3 is 10.1 Å². The van der Waals surface area contributed by atoms with E-state index in [1.807, 2.05) is 24.3 Å². The highest BCUT2D eigenvalue weighted by Gasteiger charge is 2.29. The number of methoxy groups -OCH3 is 1. The number of nitrogens with zero attached hydrogens (tertiary/aromatic N) is 4. The van der Waals surface area contributed by atoms with Gasteiger partial charge in [0.15, 0.2) is 16.6 Å². The summed E-state index contributed by atoms with van der Waals surface area (Å²) in [6, 6.07) is 13.7. The van der Waals surface area contributed by atoms with Crippen molar-refractivity contribution in [3.8, 4) is 5.75 Å². The van der Waals surface area contributed by atoms with E-state index in [1.165, 1.54) is 11.8 Å². The Kier molecular flexibility index (Phi) is 7.29. The van der Waals surface area contributed by atoms with Crippen molar-refractivity contribution in [3.05, 3.63) is 53.3 Å². The van der Waals surface area contributed by atoms with Crippen LogP contribution in [-0.2, 0) is 11.2 Å². The number of fused-ring (bicyclic) bond motifs is 3. The predicted octanol–water partition coefficient (Wildman–Crippen LogP) is 4.10. The van der Waals surface area contributed by atoms with Crippen LogP contribution in [0, 0.1) is 5.92 Å². The zero-order chi connectivity index (χ0) is 25.2. The van der Waals surface area contributed by atoms with E-state index in [4.69, 9.17) is 31.4 Å². The van der Waals surface area contributed by atoms with Crippen molar-refractivity contribution >= 4 is 51.5 Å². The van der Waals surface area contributed by atoms with E-state index >= 15 is 0 Å². The second-order valence-electron chi connectivity index (χ2n) is 8.92. The Morgan fingerprint density at radius 1 is 1.17 bits per heavy atom. The number of hydrazine groups is 1. The number of halogens is 1. The molecule has 5 rings (SSSR count). The average Bonchev–Trinajstić information content (AvgIpc) is 3.44. The number of amides is 1. The van der Waals surface area contributed by atoms with E-state index in [0.717, 1.165) is 35.2 Å². The molecule has 0 aliphatic carbocycles. The van der Waals surface area contributed by atoms with Crippen molar-refractivity contribution in [3.63, 3.8) is 0 Å². The highest BCUT2D eigenvalue weighted by Crippen LogP contribution is 2.29. The van der Waals surface area contributed by atoms with Crippen LogP contribution in [0.2, 0.25) is 5.02 Å². The van der Waals surface area contributed by atoms with Crippen molar-refractivity contribution in [2.24, 2.45) is 5.92 Å². The molecule has 3 N–H and O–H groups in total. The number of nitrogens with one attached hydrogen (secondary N) is 3. The van der Waals surface area contributed by atoms with E-state index in [-0.39, 0.29) is 11.7 Å². The molecular weight excluding hydrogens is 498 g/mol. The summed E-state index contributed by atoms with van der Waals surface area (Å²) >= 11 is 7.40. The van der Waals surface area contributed by atoms with Crippen LogP contribution in [0.3, 0.4) is 0 Å². The number of anilines is 1. The Hall–Kier alpha value is -2.92. The Bertz CT molecular complexity index is 1400. The molecule has 2 aromatic carbocycles. The molecule has 0 bridgehead atoms. The first kappa shape index (κ1) is 24.8. The highest BCUT2D eigenvalue weighted by molar-refractivity contribution is 7.99. The second-order valence-corrected chi connectivity index (χ2v) is 10.3. The van der Waals surface area contributed by atoms with Crippen LogP contribution >= 0.6 is 23.4 Å². The monoisotopic (exact) mass is 525 g/mol. The first-order valence-electron chi connectivity index (χ1n) is 11.8. The first-order valence-corrected chi connectivity index (χ1v) is 13.2. The zero-order valence-electron chi connectivity index (χ0n) is 20.3. The number of rotatable bonds is 8. The second kappa shape index (κ2) is 10.6. The van der Waals surface area contributed by atoms with Crippen LogP contribution in [0.15, 0.2) is 47.6 Å². The van der Waals surface area contributed by atoms with Crippen LogP contribution in [0.1, 0.15) is 26.1 Å². The van der Waals surface area contributed by atoms with Crippen molar-refractivity contribution < 1.29 is 9.53 Å². The molecule has 0 saturated carbocycles. The average molecular weight is 526 g/mol. The van der Waals surface area contributed by atoms with Gasteiger partial charge in [-0.25, -0.2) is 9.97 Å². The molecule has 1 saturated heterocycles. The predicted molar refractivity (Wildman–Crippen MR) is 143 cm³/mol. The van der Waals surface area contributed by atoms with Crippen molar-refractivity contribution in [2.45, 2.75) is 43.9 Å². The summed E-state index contributed by atoms with van der Waals surface area (Å²) in [4.78, 5) is 22.4. The smallest absolute Gasteiger partial charge is 0.234 e. The number of carbonyl (C=O) groups excluding carboxylic acids is 1. The van der Waals surface area contributed by atoms with Gasteiger partial charge in [0, 0.05) is 28.9 Å². The maximum absolute atomic E-state index is 12.8. The molecule has 0 radical (unpaired) electrons. The molecule has 188 valence electrons. The molecule has 11 heteroatoms. The lowest BCUT2D eigenvalue weighted by Gasteiger charge is -2.16. The molecule has 1 aliphatic rings. The Morgan fingerprint density at radius 2 is 1.94 bits per heavy atom. The van der Waals surface area contributed by atoms with Crippen molar-refractivity contribution in [2.75, 3.05) is 18.2 Å². The van der Waals surface area contributed by atoms with Gasteiger partial charge in [-0.15, -0.1) is 5.10 Å². The molecule has 9 nitrogen and oxygen atoms in total.